The van der Waals surface area contributed by atoms with Crippen LogP contribution in [0.1, 0.15) is 70.3 Å². The Hall–Kier alpha value is -0.456. The Kier molecular flexibility index (Phi) is 8.80. The molecule has 4 rings (SSSR count). The summed E-state index contributed by atoms with van der Waals surface area (Å²) in [6.45, 7) is 2.44. The molecule has 0 bridgehead atoms. The molecular formula is C27H35Y+2. The minimum atomic E-state index is 0. The van der Waals surface area contributed by atoms with E-state index in [9.17, 15) is 0 Å². The van der Waals surface area contributed by atoms with Crippen molar-refractivity contribution < 1.29 is 32.7 Å². The van der Waals surface area contributed by atoms with Gasteiger partial charge in [-0.05, 0) is 73.3 Å². The molecule has 2 fully saturated rings. The van der Waals surface area contributed by atoms with Gasteiger partial charge in [0.1, 0.15) is 0 Å². The maximum absolute atomic E-state index is 3.10. The van der Waals surface area contributed by atoms with Gasteiger partial charge in [0.15, 0.2) is 0 Å². The molecule has 0 spiro atoms. The molecule has 2 aromatic carbocycles. The zero-order valence-electron chi connectivity index (χ0n) is 17.6. The van der Waals surface area contributed by atoms with Crippen molar-refractivity contribution in [2.75, 3.05) is 0 Å². The molecule has 2 aromatic rings. The Morgan fingerprint density at radius 3 is 1.86 bits per heavy atom. The summed E-state index contributed by atoms with van der Waals surface area (Å²) in [5.74, 6) is 4.07. The summed E-state index contributed by atoms with van der Waals surface area (Å²) in [6.07, 6.45) is 14.6. The van der Waals surface area contributed by atoms with E-state index in [4.69, 9.17) is 0 Å². The Bertz CT molecular complexity index is 674. The van der Waals surface area contributed by atoms with Crippen LogP contribution in [-0.2, 0) is 39.1 Å². The smallest absolute Gasteiger partial charge is 0.184 e. The quantitative estimate of drug-likeness (QED) is 0.411. The number of benzene rings is 2. The first kappa shape index (κ1) is 22.2. The molecule has 1 heteroatoms. The molecule has 0 amide bonds. The predicted octanol–water partition coefficient (Wildman–Crippen LogP) is 7.72. The van der Waals surface area contributed by atoms with Gasteiger partial charge in [0.2, 0.25) is 0 Å². The van der Waals surface area contributed by atoms with Gasteiger partial charge < -0.3 is 0 Å². The van der Waals surface area contributed by atoms with E-state index in [1.807, 2.05) is 12.1 Å². The van der Waals surface area contributed by atoms with Crippen LogP contribution in [0, 0.1) is 29.7 Å². The van der Waals surface area contributed by atoms with E-state index in [2.05, 4.69) is 49.4 Å². The van der Waals surface area contributed by atoms with Gasteiger partial charge in [-0.25, -0.2) is 0 Å². The van der Waals surface area contributed by atoms with Crippen molar-refractivity contribution in [1.82, 2.24) is 0 Å². The van der Waals surface area contributed by atoms with Gasteiger partial charge in [-0.15, -0.1) is 5.56 Å². The molecule has 0 atom stereocenters. The van der Waals surface area contributed by atoms with Crippen molar-refractivity contribution in [2.45, 2.75) is 71.1 Å². The molecule has 28 heavy (non-hydrogen) atoms. The molecule has 0 unspecified atom stereocenters. The van der Waals surface area contributed by atoms with Crippen LogP contribution in [0.25, 0.3) is 11.1 Å². The van der Waals surface area contributed by atoms with Gasteiger partial charge in [0, 0.05) is 0 Å². The first-order valence-corrected chi connectivity index (χ1v) is 11.3. The first-order valence-electron chi connectivity index (χ1n) is 11.3. The van der Waals surface area contributed by atoms with E-state index in [1.165, 1.54) is 80.9 Å². The Labute approximate surface area is 197 Å². The summed E-state index contributed by atoms with van der Waals surface area (Å²) in [5, 5.41) is 0. The molecule has 2 aliphatic carbocycles. The largest absolute Gasteiger partial charge is 3.00 e. The number of rotatable bonds is 5. The van der Waals surface area contributed by atoms with E-state index < -0.39 is 0 Å². The minimum Gasteiger partial charge on any atom is -0.184 e. The first-order chi connectivity index (χ1) is 13.3. The van der Waals surface area contributed by atoms with Gasteiger partial charge in [0.25, 0.3) is 0 Å². The molecule has 0 nitrogen and oxygen atoms in total. The molecule has 144 valence electrons. The summed E-state index contributed by atoms with van der Waals surface area (Å²) in [5.41, 5.74) is 4.11. The van der Waals surface area contributed by atoms with Crippen LogP contribution >= 0.6 is 0 Å². The summed E-state index contributed by atoms with van der Waals surface area (Å²) < 4.78 is 0. The van der Waals surface area contributed by atoms with E-state index in [-0.39, 0.29) is 32.7 Å². The Balaban J connectivity index is 0.00000225. The van der Waals surface area contributed by atoms with Crippen LogP contribution in [0.2, 0.25) is 0 Å². The molecule has 0 saturated heterocycles. The van der Waals surface area contributed by atoms with Crippen LogP contribution in [0.15, 0.2) is 48.5 Å². The summed E-state index contributed by atoms with van der Waals surface area (Å²) >= 11 is 0. The summed E-state index contributed by atoms with van der Waals surface area (Å²) in [4.78, 5) is 0. The molecule has 0 aromatic heterocycles. The van der Waals surface area contributed by atoms with E-state index in [1.54, 1.807) is 0 Å². The van der Waals surface area contributed by atoms with Gasteiger partial charge in [-0.1, -0.05) is 56.9 Å². The van der Waals surface area contributed by atoms with Gasteiger partial charge in [0.05, 0.1) is 0 Å². The van der Waals surface area contributed by atoms with E-state index in [0.717, 1.165) is 23.7 Å². The van der Waals surface area contributed by atoms with Crippen LogP contribution in [0.3, 0.4) is 0 Å². The van der Waals surface area contributed by atoms with Crippen molar-refractivity contribution in [3.05, 3.63) is 60.2 Å². The number of aryl methyl sites for hydroxylation is 1. The fourth-order valence-corrected chi connectivity index (χ4v) is 5.52. The predicted molar refractivity (Wildman–Crippen MR) is 116 cm³/mol. The normalized spacial score (nSPS) is 27.8. The average Bonchev–Trinajstić information content (AvgIpc) is 2.74. The SMILES string of the molecule is CC1CCC(C2CCC(CCc3ccc(-c4cc[c-]cc4)cc3)CC2)CC1.[Y+3]. The zero-order valence-corrected chi connectivity index (χ0v) is 20.4. The fourth-order valence-electron chi connectivity index (χ4n) is 5.52. The second kappa shape index (κ2) is 11.1. The van der Waals surface area contributed by atoms with Crippen LogP contribution < -0.4 is 0 Å². The molecule has 0 N–H and O–H groups in total. The number of hydrogen-bond donors (Lipinski definition) is 0. The molecular weight excluding hydrogens is 413 g/mol. The monoisotopic (exact) mass is 448 g/mol. The van der Waals surface area contributed by atoms with Gasteiger partial charge >= 0.3 is 32.7 Å². The van der Waals surface area contributed by atoms with E-state index in [0.29, 0.717) is 0 Å². The molecule has 0 aliphatic heterocycles. The summed E-state index contributed by atoms with van der Waals surface area (Å²) in [7, 11) is 0. The fraction of sp³-hybridized carbons (Fsp3) is 0.556. The Morgan fingerprint density at radius 1 is 0.714 bits per heavy atom. The van der Waals surface area contributed by atoms with Crippen molar-refractivity contribution >= 4 is 0 Å². The van der Waals surface area contributed by atoms with Crippen molar-refractivity contribution in [1.29, 1.82) is 0 Å². The average molecular weight is 448 g/mol. The second-order valence-electron chi connectivity index (χ2n) is 9.33. The van der Waals surface area contributed by atoms with Crippen molar-refractivity contribution in [2.24, 2.45) is 23.7 Å². The molecule has 0 radical (unpaired) electrons. The molecule has 0 heterocycles. The molecule has 2 aliphatic rings. The maximum atomic E-state index is 3.10. The summed E-state index contributed by atoms with van der Waals surface area (Å²) in [6, 6.07) is 20.6. The van der Waals surface area contributed by atoms with Crippen LogP contribution in [0.5, 0.6) is 0 Å². The second-order valence-corrected chi connectivity index (χ2v) is 9.33. The Morgan fingerprint density at radius 2 is 1.25 bits per heavy atom. The third-order valence-electron chi connectivity index (χ3n) is 7.47. The maximum Gasteiger partial charge on any atom is 3.00 e. The van der Waals surface area contributed by atoms with E-state index >= 15 is 0 Å². The number of hydrogen-bond acceptors (Lipinski definition) is 0. The third kappa shape index (κ3) is 6.02. The van der Waals surface area contributed by atoms with Crippen LogP contribution in [-0.4, -0.2) is 0 Å². The molecule has 2 saturated carbocycles. The van der Waals surface area contributed by atoms with Gasteiger partial charge in [-0.2, -0.15) is 30.3 Å². The van der Waals surface area contributed by atoms with Gasteiger partial charge in [-0.3, -0.25) is 0 Å². The van der Waals surface area contributed by atoms with Crippen molar-refractivity contribution in [3.8, 4) is 11.1 Å². The third-order valence-corrected chi connectivity index (χ3v) is 7.47. The zero-order chi connectivity index (χ0) is 18.5. The standard InChI is InChI=1S/C27H35.Y/c1-21-7-15-25(16-8-21)27-19-13-23(14-20-27)10-9-22-11-17-26(18-12-22)24-5-3-2-4-6-24;/h3-6,11-12,17-18,21,23,25,27H,7-10,13-16,19-20H2,1H3;/q-1;+3. The van der Waals surface area contributed by atoms with Crippen molar-refractivity contribution in [3.63, 3.8) is 0 Å². The van der Waals surface area contributed by atoms with Crippen LogP contribution in [0.4, 0.5) is 0 Å². The minimum absolute atomic E-state index is 0. The topological polar surface area (TPSA) is 0 Å².